The molecule has 0 aliphatic carbocycles. The highest BCUT2D eigenvalue weighted by Gasteiger charge is 2.06. The van der Waals surface area contributed by atoms with E-state index in [1.807, 2.05) is 0 Å². The minimum atomic E-state index is -0.303. The lowest BCUT2D eigenvalue weighted by Crippen LogP contribution is -2.18. The predicted octanol–water partition coefficient (Wildman–Crippen LogP) is 2.98. The molecule has 0 unspecified atom stereocenters. The van der Waals surface area contributed by atoms with Gasteiger partial charge >= 0.3 is 0 Å². The number of nitrogens with one attached hydrogen (secondary N) is 1. The van der Waals surface area contributed by atoms with Gasteiger partial charge in [0.15, 0.2) is 0 Å². The molecular formula is C10H12BrClFNO. The minimum Gasteiger partial charge on any atom is -0.383 e. The first-order valence-corrected chi connectivity index (χ1v) is 5.65. The lowest BCUT2D eigenvalue weighted by Gasteiger charge is -2.07. The lowest BCUT2D eigenvalue weighted by molar-refractivity contribution is 0.199. The maximum absolute atomic E-state index is 13.2. The molecule has 0 aromatic heterocycles. The lowest BCUT2D eigenvalue weighted by atomic mass is 10.2. The van der Waals surface area contributed by atoms with E-state index < -0.39 is 0 Å². The highest BCUT2D eigenvalue weighted by molar-refractivity contribution is 9.10. The molecule has 0 bridgehead atoms. The molecule has 0 aliphatic heterocycles. The summed E-state index contributed by atoms with van der Waals surface area (Å²) in [6, 6.07) is 2.98. The largest absolute Gasteiger partial charge is 0.383 e. The van der Waals surface area contributed by atoms with Crippen LogP contribution in [0.15, 0.2) is 16.6 Å². The van der Waals surface area contributed by atoms with Crippen LogP contribution >= 0.6 is 27.5 Å². The quantitative estimate of drug-likeness (QED) is 0.666. The van der Waals surface area contributed by atoms with Crippen molar-refractivity contribution in [1.82, 2.24) is 5.32 Å². The van der Waals surface area contributed by atoms with Gasteiger partial charge in [-0.2, -0.15) is 0 Å². The van der Waals surface area contributed by atoms with Crippen LogP contribution in [0.3, 0.4) is 0 Å². The zero-order valence-electron chi connectivity index (χ0n) is 8.32. The van der Waals surface area contributed by atoms with Gasteiger partial charge in [0.1, 0.15) is 5.82 Å². The molecule has 0 aliphatic rings. The molecule has 0 atom stereocenters. The Morgan fingerprint density at radius 2 is 2.27 bits per heavy atom. The molecule has 1 aromatic carbocycles. The fraction of sp³-hybridized carbons (Fsp3) is 0.400. The molecule has 1 N–H and O–H groups in total. The number of rotatable bonds is 5. The molecule has 0 fully saturated rings. The van der Waals surface area contributed by atoms with Gasteiger partial charge in [0.2, 0.25) is 0 Å². The van der Waals surface area contributed by atoms with Gasteiger partial charge in [0, 0.05) is 25.2 Å². The van der Waals surface area contributed by atoms with Crippen molar-refractivity contribution in [3.05, 3.63) is 33.0 Å². The molecular weight excluding hydrogens is 284 g/mol. The Bertz CT molecular complexity index is 335. The second kappa shape index (κ2) is 6.43. The van der Waals surface area contributed by atoms with Crippen LogP contribution in [-0.4, -0.2) is 20.3 Å². The normalized spacial score (nSPS) is 10.7. The summed E-state index contributed by atoms with van der Waals surface area (Å²) in [5.74, 6) is -0.303. The van der Waals surface area contributed by atoms with E-state index in [1.54, 1.807) is 13.2 Å². The van der Waals surface area contributed by atoms with Crippen molar-refractivity contribution in [2.24, 2.45) is 0 Å². The molecule has 0 saturated carbocycles. The van der Waals surface area contributed by atoms with Gasteiger partial charge in [0.25, 0.3) is 0 Å². The van der Waals surface area contributed by atoms with Crippen LogP contribution in [-0.2, 0) is 11.3 Å². The Morgan fingerprint density at radius 3 is 2.93 bits per heavy atom. The van der Waals surface area contributed by atoms with Crippen LogP contribution < -0.4 is 5.32 Å². The topological polar surface area (TPSA) is 21.3 Å². The molecule has 1 aromatic rings. The van der Waals surface area contributed by atoms with E-state index >= 15 is 0 Å². The third kappa shape index (κ3) is 4.07. The van der Waals surface area contributed by atoms with E-state index in [1.165, 1.54) is 6.07 Å². The summed E-state index contributed by atoms with van der Waals surface area (Å²) in [6.45, 7) is 1.87. The monoisotopic (exact) mass is 295 g/mol. The molecule has 15 heavy (non-hydrogen) atoms. The third-order valence-corrected chi connectivity index (χ3v) is 2.85. The molecule has 0 amide bonds. The SMILES string of the molecule is COCCNCc1cc(F)c(Br)cc1Cl. The summed E-state index contributed by atoms with van der Waals surface area (Å²) < 4.78 is 18.4. The van der Waals surface area contributed by atoms with Crippen molar-refractivity contribution >= 4 is 27.5 Å². The number of ether oxygens (including phenoxy) is 1. The Balaban J connectivity index is 2.57. The van der Waals surface area contributed by atoms with Crippen molar-refractivity contribution in [1.29, 1.82) is 0 Å². The minimum absolute atomic E-state index is 0.303. The summed E-state index contributed by atoms with van der Waals surface area (Å²) >= 11 is 9.02. The van der Waals surface area contributed by atoms with Crippen molar-refractivity contribution in [2.75, 3.05) is 20.3 Å². The molecule has 0 heterocycles. The van der Waals surface area contributed by atoms with Crippen LogP contribution in [0.4, 0.5) is 4.39 Å². The van der Waals surface area contributed by atoms with Crippen LogP contribution in [0.25, 0.3) is 0 Å². The summed E-state index contributed by atoms with van der Waals surface area (Å²) in [7, 11) is 1.63. The zero-order chi connectivity index (χ0) is 11.3. The summed E-state index contributed by atoms with van der Waals surface area (Å²) in [6.07, 6.45) is 0. The van der Waals surface area contributed by atoms with Crippen LogP contribution in [0.2, 0.25) is 5.02 Å². The van der Waals surface area contributed by atoms with Gasteiger partial charge in [-0.3, -0.25) is 0 Å². The Labute approximate surface area is 102 Å². The first kappa shape index (κ1) is 12.9. The van der Waals surface area contributed by atoms with Crippen molar-refractivity contribution < 1.29 is 9.13 Å². The van der Waals surface area contributed by atoms with Crippen molar-refractivity contribution in [3.63, 3.8) is 0 Å². The number of methoxy groups -OCH3 is 1. The standard InChI is InChI=1S/C10H12BrClFNO/c1-15-3-2-14-6-7-4-10(13)8(11)5-9(7)12/h4-5,14H,2-3,6H2,1H3. The average molecular weight is 297 g/mol. The first-order valence-electron chi connectivity index (χ1n) is 4.48. The first-order chi connectivity index (χ1) is 7.15. The number of hydrogen-bond acceptors (Lipinski definition) is 2. The van der Waals surface area contributed by atoms with Gasteiger partial charge in [-0.1, -0.05) is 11.6 Å². The van der Waals surface area contributed by atoms with E-state index in [0.717, 1.165) is 5.56 Å². The maximum Gasteiger partial charge on any atom is 0.137 e. The number of halogens is 3. The van der Waals surface area contributed by atoms with Crippen LogP contribution in [0.1, 0.15) is 5.56 Å². The molecule has 1 rings (SSSR count). The molecule has 0 saturated heterocycles. The zero-order valence-corrected chi connectivity index (χ0v) is 10.7. The molecule has 0 spiro atoms. The van der Waals surface area contributed by atoms with E-state index in [-0.39, 0.29) is 5.82 Å². The highest BCUT2D eigenvalue weighted by atomic mass is 79.9. The highest BCUT2D eigenvalue weighted by Crippen LogP contribution is 2.24. The van der Waals surface area contributed by atoms with E-state index in [2.05, 4.69) is 21.2 Å². The third-order valence-electron chi connectivity index (χ3n) is 1.89. The number of benzene rings is 1. The number of hydrogen-bond donors (Lipinski definition) is 1. The van der Waals surface area contributed by atoms with Gasteiger partial charge < -0.3 is 10.1 Å². The second-order valence-corrected chi connectivity index (χ2v) is 4.29. The Kier molecular flexibility index (Phi) is 5.53. The summed E-state index contributed by atoms with van der Waals surface area (Å²) in [5, 5.41) is 3.65. The summed E-state index contributed by atoms with van der Waals surface area (Å²) in [4.78, 5) is 0. The summed E-state index contributed by atoms with van der Waals surface area (Å²) in [5.41, 5.74) is 0.744. The Morgan fingerprint density at radius 1 is 1.53 bits per heavy atom. The van der Waals surface area contributed by atoms with Crippen molar-refractivity contribution in [2.45, 2.75) is 6.54 Å². The maximum atomic E-state index is 13.2. The fourth-order valence-corrected chi connectivity index (χ4v) is 1.80. The average Bonchev–Trinajstić information content (AvgIpc) is 2.20. The molecule has 5 heteroatoms. The molecule has 84 valence electrons. The van der Waals surface area contributed by atoms with Gasteiger partial charge in [-0.05, 0) is 33.6 Å². The fourth-order valence-electron chi connectivity index (χ4n) is 1.10. The smallest absolute Gasteiger partial charge is 0.137 e. The molecule has 2 nitrogen and oxygen atoms in total. The van der Waals surface area contributed by atoms with Crippen LogP contribution in [0.5, 0.6) is 0 Å². The predicted molar refractivity (Wildman–Crippen MR) is 62.7 cm³/mol. The Hall–Kier alpha value is -0.160. The van der Waals surface area contributed by atoms with E-state index in [4.69, 9.17) is 16.3 Å². The van der Waals surface area contributed by atoms with E-state index in [9.17, 15) is 4.39 Å². The van der Waals surface area contributed by atoms with Gasteiger partial charge in [-0.15, -0.1) is 0 Å². The van der Waals surface area contributed by atoms with Gasteiger partial charge in [0.05, 0.1) is 11.1 Å². The van der Waals surface area contributed by atoms with Gasteiger partial charge in [-0.25, -0.2) is 4.39 Å². The van der Waals surface area contributed by atoms with E-state index in [0.29, 0.717) is 29.2 Å². The second-order valence-electron chi connectivity index (χ2n) is 3.03. The van der Waals surface area contributed by atoms with Crippen LogP contribution in [0, 0.1) is 5.82 Å². The molecule has 0 radical (unpaired) electrons. The van der Waals surface area contributed by atoms with Crippen molar-refractivity contribution in [3.8, 4) is 0 Å².